The first-order valence-corrected chi connectivity index (χ1v) is 5.97. The van der Waals surface area contributed by atoms with Crippen molar-refractivity contribution >= 4 is 0 Å². The Kier molecular flexibility index (Phi) is 3.31. The summed E-state index contributed by atoms with van der Waals surface area (Å²) in [6.07, 6.45) is 0. The van der Waals surface area contributed by atoms with Gasteiger partial charge in [0, 0.05) is 19.6 Å². The number of ether oxygens (including phenoxy) is 1. The van der Waals surface area contributed by atoms with E-state index in [0.717, 1.165) is 26.2 Å². The second kappa shape index (κ2) is 4.56. The van der Waals surface area contributed by atoms with Crippen molar-refractivity contribution in [2.24, 2.45) is 0 Å². The highest BCUT2D eigenvalue weighted by atomic mass is 16.5. The largest absolute Gasteiger partial charge is 0.373 e. The molecule has 0 N–H and O–H groups in total. The van der Waals surface area contributed by atoms with Crippen molar-refractivity contribution in [2.75, 3.05) is 19.7 Å². The van der Waals surface area contributed by atoms with Gasteiger partial charge in [0.25, 0.3) is 0 Å². The molecule has 0 amide bonds. The van der Waals surface area contributed by atoms with Crippen LogP contribution in [0.1, 0.15) is 25.0 Å². The van der Waals surface area contributed by atoms with Crippen LogP contribution in [0.4, 0.5) is 0 Å². The average Bonchev–Trinajstić information content (AvgIpc) is 2.20. The molecule has 1 aromatic carbocycles. The molecule has 0 aliphatic carbocycles. The van der Waals surface area contributed by atoms with Gasteiger partial charge in [-0.25, -0.2) is 0 Å². The third kappa shape index (κ3) is 3.06. The molecular weight excluding hydrogens is 198 g/mol. The van der Waals surface area contributed by atoms with Crippen LogP contribution in [0, 0.1) is 6.92 Å². The number of hydrogen-bond donors (Lipinski definition) is 0. The monoisotopic (exact) mass is 219 g/mol. The first kappa shape index (κ1) is 11.6. The summed E-state index contributed by atoms with van der Waals surface area (Å²) < 4.78 is 5.71. The molecule has 1 aliphatic heterocycles. The Labute approximate surface area is 98.2 Å². The number of rotatable bonds is 2. The fraction of sp³-hybridized carbons (Fsp3) is 0.571. The number of nitrogens with zero attached hydrogens (tertiary/aromatic N) is 1. The van der Waals surface area contributed by atoms with Crippen LogP contribution in [-0.4, -0.2) is 30.2 Å². The SMILES string of the molecule is Cc1ccc(CN2CCOC(C)(C)C2)cc1. The van der Waals surface area contributed by atoms with Crippen LogP contribution in [0.5, 0.6) is 0 Å². The second-order valence-electron chi connectivity index (χ2n) is 5.30. The standard InChI is InChI=1S/C14H21NO/c1-12-4-6-13(7-5-12)10-15-8-9-16-14(2,3)11-15/h4-7H,8-11H2,1-3H3. The fourth-order valence-corrected chi connectivity index (χ4v) is 2.20. The van der Waals surface area contributed by atoms with Crippen LogP contribution in [0.25, 0.3) is 0 Å². The van der Waals surface area contributed by atoms with Crippen LogP contribution in [0.2, 0.25) is 0 Å². The minimum Gasteiger partial charge on any atom is -0.373 e. The highest BCUT2D eigenvalue weighted by Gasteiger charge is 2.26. The average molecular weight is 219 g/mol. The summed E-state index contributed by atoms with van der Waals surface area (Å²) in [5.41, 5.74) is 2.72. The molecule has 2 rings (SSSR count). The first-order valence-electron chi connectivity index (χ1n) is 5.97. The first-order chi connectivity index (χ1) is 7.55. The van der Waals surface area contributed by atoms with Gasteiger partial charge in [-0.15, -0.1) is 0 Å². The van der Waals surface area contributed by atoms with Gasteiger partial charge in [-0.05, 0) is 26.3 Å². The second-order valence-corrected chi connectivity index (χ2v) is 5.30. The fourth-order valence-electron chi connectivity index (χ4n) is 2.20. The molecule has 0 saturated carbocycles. The molecule has 88 valence electrons. The molecule has 16 heavy (non-hydrogen) atoms. The molecule has 0 unspecified atom stereocenters. The molecule has 1 saturated heterocycles. The van der Waals surface area contributed by atoms with E-state index >= 15 is 0 Å². The molecule has 0 radical (unpaired) electrons. The molecular formula is C14H21NO. The van der Waals surface area contributed by atoms with Crippen LogP contribution in [-0.2, 0) is 11.3 Å². The lowest BCUT2D eigenvalue weighted by Crippen LogP contribution is -2.47. The summed E-state index contributed by atoms with van der Waals surface area (Å²) in [6.45, 7) is 10.4. The smallest absolute Gasteiger partial charge is 0.0753 e. The van der Waals surface area contributed by atoms with Gasteiger partial charge in [0.2, 0.25) is 0 Å². The Morgan fingerprint density at radius 2 is 1.94 bits per heavy atom. The summed E-state index contributed by atoms with van der Waals surface area (Å²) in [6, 6.07) is 8.80. The van der Waals surface area contributed by atoms with E-state index in [1.807, 2.05) is 0 Å². The molecule has 0 bridgehead atoms. The zero-order valence-electron chi connectivity index (χ0n) is 10.5. The Bertz CT molecular complexity index is 342. The summed E-state index contributed by atoms with van der Waals surface area (Å²) in [7, 11) is 0. The molecule has 1 fully saturated rings. The van der Waals surface area contributed by atoms with E-state index in [1.165, 1.54) is 11.1 Å². The van der Waals surface area contributed by atoms with Gasteiger partial charge in [-0.2, -0.15) is 0 Å². The van der Waals surface area contributed by atoms with Crippen LogP contribution >= 0.6 is 0 Å². The summed E-state index contributed by atoms with van der Waals surface area (Å²) in [4.78, 5) is 2.47. The van der Waals surface area contributed by atoms with Crippen molar-refractivity contribution in [3.63, 3.8) is 0 Å². The maximum Gasteiger partial charge on any atom is 0.0753 e. The minimum atomic E-state index is 0.00292. The Hall–Kier alpha value is -0.860. The van der Waals surface area contributed by atoms with Crippen LogP contribution in [0.15, 0.2) is 24.3 Å². The summed E-state index contributed by atoms with van der Waals surface area (Å²) >= 11 is 0. The third-order valence-electron chi connectivity index (χ3n) is 3.03. The molecule has 1 aliphatic rings. The molecule has 0 aromatic heterocycles. The Morgan fingerprint density at radius 1 is 1.25 bits per heavy atom. The highest BCUT2D eigenvalue weighted by molar-refractivity contribution is 5.21. The van der Waals surface area contributed by atoms with Crippen molar-refractivity contribution in [3.05, 3.63) is 35.4 Å². The summed E-state index contributed by atoms with van der Waals surface area (Å²) in [5.74, 6) is 0. The molecule has 2 heteroatoms. The van der Waals surface area contributed by atoms with E-state index in [9.17, 15) is 0 Å². The van der Waals surface area contributed by atoms with Crippen LogP contribution in [0.3, 0.4) is 0 Å². The van der Waals surface area contributed by atoms with Crippen molar-refractivity contribution < 1.29 is 4.74 Å². The topological polar surface area (TPSA) is 12.5 Å². The normalized spacial score (nSPS) is 20.9. The zero-order valence-corrected chi connectivity index (χ0v) is 10.5. The molecule has 1 heterocycles. The predicted octanol–water partition coefficient (Wildman–Crippen LogP) is 2.61. The summed E-state index contributed by atoms with van der Waals surface area (Å²) in [5, 5.41) is 0. The van der Waals surface area contributed by atoms with E-state index in [2.05, 4.69) is 49.9 Å². The van der Waals surface area contributed by atoms with Gasteiger partial charge in [-0.1, -0.05) is 29.8 Å². The van der Waals surface area contributed by atoms with Crippen LogP contribution < -0.4 is 0 Å². The van der Waals surface area contributed by atoms with E-state index in [0.29, 0.717) is 0 Å². The minimum absolute atomic E-state index is 0.00292. The molecule has 0 atom stereocenters. The van der Waals surface area contributed by atoms with Gasteiger partial charge in [0.15, 0.2) is 0 Å². The maximum absolute atomic E-state index is 5.71. The van der Waals surface area contributed by atoms with Gasteiger partial charge in [-0.3, -0.25) is 4.90 Å². The van der Waals surface area contributed by atoms with Gasteiger partial charge in [0.05, 0.1) is 12.2 Å². The lowest BCUT2D eigenvalue weighted by Gasteiger charge is -2.38. The number of morpholine rings is 1. The number of hydrogen-bond acceptors (Lipinski definition) is 2. The Balaban J connectivity index is 1.97. The quantitative estimate of drug-likeness (QED) is 0.758. The third-order valence-corrected chi connectivity index (χ3v) is 3.03. The van der Waals surface area contributed by atoms with E-state index in [1.54, 1.807) is 0 Å². The predicted molar refractivity (Wildman–Crippen MR) is 66.5 cm³/mol. The lowest BCUT2D eigenvalue weighted by molar-refractivity contribution is -0.0882. The maximum atomic E-state index is 5.71. The van der Waals surface area contributed by atoms with E-state index in [4.69, 9.17) is 4.74 Å². The Morgan fingerprint density at radius 3 is 2.56 bits per heavy atom. The van der Waals surface area contributed by atoms with Gasteiger partial charge < -0.3 is 4.74 Å². The van der Waals surface area contributed by atoms with Gasteiger partial charge in [0.1, 0.15) is 0 Å². The van der Waals surface area contributed by atoms with E-state index < -0.39 is 0 Å². The van der Waals surface area contributed by atoms with E-state index in [-0.39, 0.29) is 5.60 Å². The lowest BCUT2D eigenvalue weighted by atomic mass is 10.1. The zero-order chi connectivity index (χ0) is 11.6. The number of benzene rings is 1. The van der Waals surface area contributed by atoms with Gasteiger partial charge >= 0.3 is 0 Å². The molecule has 1 aromatic rings. The molecule has 2 nitrogen and oxygen atoms in total. The molecule has 0 spiro atoms. The van der Waals surface area contributed by atoms with Crippen molar-refractivity contribution in [2.45, 2.75) is 32.9 Å². The highest BCUT2D eigenvalue weighted by Crippen LogP contribution is 2.18. The van der Waals surface area contributed by atoms with Crippen molar-refractivity contribution in [1.82, 2.24) is 4.90 Å². The van der Waals surface area contributed by atoms with Crippen molar-refractivity contribution in [3.8, 4) is 0 Å². The van der Waals surface area contributed by atoms with Crippen molar-refractivity contribution in [1.29, 1.82) is 0 Å². The number of aryl methyl sites for hydroxylation is 1.